The van der Waals surface area contributed by atoms with E-state index in [4.69, 9.17) is 4.52 Å². The molecule has 1 aromatic carbocycles. The molecule has 1 N–H and O–H groups in total. The molecule has 0 bridgehead atoms. The molecule has 25 heavy (non-hydrogen) atoms. The van der Waals surface area contributed by atoms with Crippen molar-refractivity contribution >= 4 is 6.03 Å². The molecule has 3 rings (SSSR count). The Morgan fingerprint density at radius 1 is 1.16 bits per heavy atom. The number of carbonyl (C=O) groups excluding carboxylic acids is 1. The summed E-state index contributed by atoms with van der Waals surface area (Å²) < 4.78 is 5.14. The van der Waals surface area contributed by atoms with Gasteiger partial charge in [-0.15, -0.1) is 0 Å². The minimum absolute atomic E-state index is 0.0124. The molecule has 0 aliphatic carbocycles. The van der Waals surface area contributed by atoms with Crippen LogP contribution in [-0.4, -0.2) is 47.2 Å². The minimum Gasteiger partial charge on any atom is -0.361 e. The summed E-state index contributed by atoms with van der Waals surface area (Å²) in [6.07, 6.45) is 0.992. The molecule has 1 saturated heterocycles. The zero-order valence-corrected chi connectivity index (χ0v) is 15.0. The molecule has 2 heterocycles. The highest BCUT2D eigenvalue weighted by Gasteiger charge is 2.20. The average Bonchev–Trinajstić information content (AvgIpc) is 2.81. The molecule has 1 aliphatic heterocycles. The van der Waals surface area contributed by atoms with Crippen molar-refractivity contribution in [3.05, 3.63) is 52.9 Å². The topological polar surface area (TPSA) is 61.6 Å². The smallest absolute Gasteiger partial charge is 0.317 e. The van der Waals surface area contributed by atoms with Gasteiger partial charge in [0, 0.05) is 44.8 Å². The molecular formula is C19H26N4O2. The Kier molecular flexibility index (Phi) is 5.71. The molecule has 1 fully saturated rings. The van der Waals surface area contributed by atoms with E-state index in [-0.39, 0.29) is 6.03 Å². The number of hydrogen-bond acceptors (Lipinski definition) is 4. The molecule has 2 aromatic rings. The van der Waals surface area contributed by atoms with Crippen molar-refractivity contribution in [2.75, 3.05) is 26.2 Å². The number of hydrogen-bond donors (Lipinski definition) is 1. The van der Waals surface area contributed by atoms with E-state index in [0.717, 1.165) is 56.2 Å². The van der Waals surface area contributed by atoms with Crippen molar-refractivity contribution in [2.24, 2.45) is 0 Å². The van der Waals surface area contributed by atoms with Gasteiger partial charge in [-0.25, -0.2) is 4.79 Å². The molecule has 0 spiro atoms. The largest absolute Gasteiger partial charge is 0.361 e. The Balaban J connectivity index is 1.49. The summed E-state index contributed by atoms with van der Waals surface area (Å²) >= 11 is 0. The van der Waals surface area contributed by atoms with Gasteiger partial charge in [-0.3, -0.25) is 4.90 Å². The van der Waals surface area contributed by atoms with Crippen molar-refractivity contribution in [3.63, 3.8) is 0 Å². The molecular weight excluding hydrogens is 316 g/mol. The van der Waals surface area contributed by atoms with Gasteiger partial charge in [0.05, 0.1) is 5.69 Å². The zero-order chi connectivity index (χ0) is 17.6. The third-order valence-corrected chi connectivity index (χ3v) is 4.72. The summed E-state index contributed by atoms with van der Waals surface area (Å²) in [5, 5.41) is 6.92. The van der Waals surface area contributed by atoms with Gasteiger partial charge < -0.3 is 14.7 Å². The Hall–Kier alpha value is -2.34. The average molecular weight is 342 g/mol. The maximum Gasteiger partial charge on any atom is 0.317 e. The number of nitrogens with one attached hydrogen (secondary N) is 1. The van der Waals surface area contributed by atoms with Crippen LogP contribution in [0.4, 0.5) is 4.79 Å². The van der Waals surface area contributed by atoms with Crippen LogP contribution in [0.2, 0.25) is 0 Å². The van der Waals surface area contributed by atoms with Crippen molar-refractivity contribution in [2.45, 2.75) is 33.4 Å². The van der Waals surface area contributed by atoms with Crippen LogP contribution in [-0.2, 0) is 13.1 Å². The van der Waals surface area contributed by atoms with E-state index in [1.807, 2.05) is 24.8 Å². The molecule has 1 aliphatic rings. The number of aromatic nitrogens is 1. The number of aryl methyl sites for hydroxylation is 2. The van der Waals surface area contributed by atoms with Crippen LogP contribution in [0.1, 0.15) is 29.0 Å². The second-order valence-electron chi connectivity index (χ2n) is 6.56. The highest BCUT2D eigenvalue weighted by molar-refractivity contribution is 5.74. The number of benzene rings is 1. The van der Waals surface area contributed by atoms with Crippen LogP contribution in [0.15, 0.2) is 34.9 Å². The van der Waals surface area contributed by atoms with Crippen LogP contribution in [0, 0.1) is 13.8 Å². The fourth-order valence-corrected chi connectivity index (χ4v) is 3.20. The maximum atomic E-state index is 12.5. The molecule has 1 aromatic heterocycles. The van der Waals surface area contributed by atoms with Gasteiger partial charge in [-0.1, -0.05) is 35.5 Å². The van der Waals surface area contributed by atoms with Crippen LogP contribution in [0.5, 0.6) is 0 Å². The van der Waals surface area contributed by atoms with E-state index >= 15 is 0 Å². The molecule has 0 atom stereocenters. The lowest BCUT2D eigenvalue weighted by Gasteiger charge is -2.22. The predicted octanol–water partition coefficient (Wildman–Crippen LogP) is 2.71. The first-order valence-corrected chi connectivity index (χ1v) is 8.84. The lowest BCUT2D eigenvalue weighted by molar-refractivity contribution is 0.197. The van der Waals surface area contributed by atoms with E-state index < -0.39 is 0 Å². The van der Waals surface area contributed by atoms with Crippen molar-refractivity contribution in [1.82, 2.24) is 20.3 Å². The Labute approximate surface area is 148 Å². The second kappa shape index (κ2) is 8.16. The van der Waals surface area contributed by atoms with Gasteiger partial charge in [0.2, 0.25) is 0 Å². The molecule has 2 amide bonds. The minimum atomic E-state index is -0.0124. The van der Waals surface area contributed by atoms with Crippen LogP contribution in [0.25, 0.3) is 0 Å². The Morgan fingerprint density at radius 2 is 1.96 bits per heavy atom. The predicted molar refractivity (Wildman–Crippen MR) is 96.1 cm³/mol. The van der Waals surface area contributed by atoms with E-state index in [0.29, 0.717) is 6.54 Å². The van der Waals surface area contributed by atoms with Gasteiger partial charge in [0.1, 0.15) is 5.76 Å². The quantitative estimate of drug-likeness (QED) is 0.928. The number of urea groups is 1. The summed E-state index contributed by atoms with van der Waals surface area (Å²) in [6.45, 7) is 8.62. The first-order valence-electron chi connectivity index (χ1n) is 8.84. The monoisotopic (exact) mass is 342 g/mol. The summed E-state index contributed by atoms with van der Waals surface area (Å²) in [4.78, 5) is 16.8. The van der Waals surface area contributed by atoms with Gasteiger partial charge >= 0.3 is 6.03 Å². The molecule has 6 heteroatoms. The number of rotatable bonds is 4. The fourth-order valence-electron chi connectivity index (χ4n) is 3.20. The highest BCUT2D eigenvalue weighted by Crippen LogP contribution is 2.12. The second-order valence-corrected chi connectivity index (χ2v) is 6.56. The van der Waals surface area contributed by atoms with Crippen molar-refractivity contribution < 1.29 is 9.32 Å². The van der Waals surface area contributed by atoms with Gasteiger partial charge in [-0.05, 0) is 25.8 Å². The molecule has 6 nitrogen and oxygen atoms in total. The number of nitrogens with zero attached hydrogens (tertiary/aromatic N) is 3. The van der Waals surface area contributed by atoms with Gasteiger partial charge in [0.15, 0.2) is 0 Å². The first-order chi connectivity index (χ1) is 12.1. The van der Waals surface area contributed by atoms with E-state index in [1.165, 1.54) is 5.56 Å². The van der Waals surface area contributed by atoms with Crippen LogP contribution >= 0.6 is 0 Å². The summed E-state index contributed by atoms with van der Waals surface area (Å²) in [5.74, 6) is 0.766. The van der Waals surface area contributed by atoms with Crippen LogP contribution in [0.3, 0.4) is 0 Å². The zero-order valence-electron chi connectivity index (χ0n) is 15.0. The normalized spacial score (nSPS) is 15.8. The van der Waals surface area contributed by atoms with Crippen molar-refractivity contribution in [3.8, 4) is 0 Å². The van der Waals surface area contributed by atoms with Crippen molar-refractivity contribution in [1.29, 1.82) is 0 Å². The number of amides is 2. The van der Waals surface area contributed by atoms with Gasteiger partial charge in [-0.2, -0.15) is 0 Å². The Bertz CT molecular complexity index is 679. The lowest BCUT2D eigenvalue weighted by atomic mass is 10.2. The van der Waals surface area contributed by atoms with E-state index in [2.05, 4.69) is 39.6 Å². The summed E-state index contributed by atoms with van der Waals surface area (Å²) in [7, 11) is 0. The maximum absolute atomic E-state index is 12.5. The molecule has 0 radical (unpaired) electrons. The fraction of sp³-hybridized carbons (Fsp3) is 0.474. The summed E-state index contributed by atoms with van der Waals surface area (Å²) in [6, 6.07) is 10.5. The SMILES string of the molecule is Cc1noc(C)c1CNC(=O)N1CCCN(Cc2ccccc2)CC1. The lowest BCUT2D eigenvalue weighted by Crippen LogP contribution is -2.41. The molecule has 0 saturated carbocycles. The van der Waals surface area contributed by atoms with Crippen LogP contribution < -0.4 is 5.32 Å². The van der Waals surface area contributed by atoms with E-state index in [1.54, 1.807) is 0 Å². The molecule has 0 unspecified atom stereocenters. The number of carbonyl (C=O) groups is 1. The third kappa shape index (κ3) is 4.60. The first kappa shape index (κ1) is 17.5. The summed E-state index contributed by atoms with van der Waals surface area (Å²) in [5.41, 5.74) is 3.12. The van der Waals surface area contributed by atoms with Gasteiger partial charge in [0.25, 0.3) is 0 Å². The third-order valence-electron chi connectivity index (χ3n) is 4.72. The Morgan fingerprint density at radius 3 is 2.68 bits per heavy atom. The highest BCUT2D eigenvalue weighted by atomic mass is 16.5. The molecule has 134 valence electrons. The van der Waals surface area contributed by atoms with E-state index in [9.17, 15) is 4.79 Å². The standard InChI is InChI=1S/C19H26N4O2/c1-15-18(16(2)25-21-15)13-20-19(24)23-10-6-9-22(11-12-23)14-17-7-4-3-5-8-17/h3-5,7-8H,6,9-14H2,1-2H3,(H,20,24).